The summed E-state index contributed by atoms with van der Waals surface area (Å²) in [4.78, 5) is 72.8. The molecule has 0 aliphatic rings. The average Bonchev–Trinajstić information content (AvgIpc) is 1.31. The number of carbonyl (C=O) groups is 4. The van der Waals surface area contributed by atoms with Gasteiger partial charge in [-0.2, -0.15) is 0 Å². The fraction of sp³-hybridized carbons (Fsp3) is 0.948. The standard InChI is InChI=1S/C77H150O17P2/c1-8-9-10-11-12-13-14-15-17-21-26-31-36-44-51-58-74(79)87-64-72(93-76(81)60-53-46-37-32-27-22-19-16-18-20-24-29-34-41-48-55-68(2)3)66-91-95(83,84)89-62-71(78)63-90-96(85,86)92-67-73(65-88-75(80)59-52-45-40-39-43-50-57-70(6)7)94-77(82)61-54-47-38-33-28-23-25-30-35-42-49-56-69(4)5/h68-73,78H,8-67H2,1-7H3,(H,83,84)(H,85,86)/t71-,72-,73-/m1/s1. The molecule has 0 heterocycles. The topological polar surface area (TPSA) is 237 Å². The lowest BCUT2D eigenvalue weighted by atomic mass is 10.0. The summed E-state index contributed by atoms with van der Waals surface area (Å²) >= 11 is 0. The van der Waals surface area contributed by atoms with E-state index in [1.807, 2.05) is 0 Å². The number of ether oxygens (including phenoxy) is 4. The number of unbranched alkanes of at least 4 members (excludes halogenated alkanes) is 43. The zero-order valence-electron chi connectivity index (χ0n) is 62.8. The molecule has 0 aromatic rings. The highest BCUT2D eigenvalue weighted by molar-refractivity contribution is 7.47. The molecule has 0 fully saturated rings. The molecule has 0 bridgehead atoms. The first-order valence-electron chi connectivity index (χ1n) is 39.8. The molecule has 3 N–H and O–H groups in total. The molecule has 0 aliphatic heterocycles. The largest absolute Gasteiger partial charge is 0.472 e. The number of aliphatic hydroxyl groups is 1. The van der Waals surface area contributed by atoms with E-state index in [0.717, 1.165) is 108 Å². The minimum Gasteiger partial charge on any atom is -0.462 e. The fourth-order valence-corrected chi connectivity index (χ4v) is 13.4. The van der Waals surface area contributed by atoms with Gasteiger partial charge in [-0.25, -0.2) is 9.13 Å². The van der Waals surface area contributed by atoms with Gasteiger partial charge in [0.1, 0.15) is 19.3 Å². The molecule has 2 unspecified atom stereocenters. The second kappa shape index (κ2) is 67.5. The second-order valence-electron chi connectivity index (χ2n) is 29.2. The predicted octanol–water partition coefficient (Wildman–Crippen LogP) is 22.6. The Morgan fingerprint density at radius 3 is 0.708 bits per heavy atom. The summed E-state index contributed by atoms with van der Waals surface area (Å²) in [7, 11) is -9.91. The zero-order valence-corrected chi connectivity index (χ0v) is 64.6. The normalized spacial score (nSPS) is 14.1. The van der Waals surface area contributed by atoms with Crippen LogP contribution in [0.4, 0.5) is 0 Å². The summed E-state index contributed by atoms with van der Waals surface area (Å²) in [5.41, 5.74) is 0. The van der Waals surface area contributed by atoms with Crippen LogP contribution >= 0.6 is 15.6 Å². The van der Waals surface area contributed by atoms with Crippen LogP contribution in [-0.2, 0) is 65.4 Å². The van der Waals surface area contributed by atoms with Crippen molar-refractivity contribution in [2.75, 3.05) is 39.6 Å². The van der Waals surface area contributed by atoms with Gasteiger partial charge in [0.25, 0.3) is 0 Å². The lowest BCUT2D eigenvalue weighted by Gasteiger charge is -2.21. The van der Waals surface area contributed by atoms with Crippen molar-refractivity contribution >= 4 is 39.5 Å². The molecule has 0 aromatic carbocycles. The van der Waals surface area contributed by atoms with Gasteiger partial charge in [0.05, 0.1) is 26.4 Å². The van der Waals surface area contributed by atoms with E-state index in [1.54, 1.807) is 0 Å². The van der Waals surface area contributed by atoms with Gasteiger partial charge in [0.15, 0.2) is 12.2 Å². The molecular weight excluding hydrogens is 1260 g/mol. The first-order chi connectivity index (χ1) is 46.2. The van der Waals surface area contributed by atoms with Crippen LogP contribution in [0.1, 0.15) is 395 Å². The third kappa shape index (κ3) is 70.5. The lowest BCUT2D eigenvalue weighted by molar-refractivity contribution is -0.161. The van der Waals surface area contributed by atoms with Crippen LogP contribution in [0.25, 0.3) is 0 Å². The van der Waals surface area contributed by atoms with Gasteiger partial charge >= 0.3 is 39.5 Å². The van der Waals surface area contributed by atoms with E-state index in [2.05, 4.69) is 48.5 Å². The van der Waals surface area contributed by atoms with Gasteiger partial charge in [-0.1, -0.05) is 344 Å². The molecule has 0 amide bonds. The molecule has 570 valence electrons. The summed E-state index contributed by atoms with van der Waals surface area (Å²) in [5, 5.41) is 10.6. The molecule has 0 saturated carbocycles. The van der Waals surface area contributed by atoms with Crippen molar-refractivity contribution < 1.29 is 80.2 Å². The highest BCUT2D eigenvalue weighted by Gasteiger charge is 2.30. The first-order valence-corrected chi connectivity index (χ1v) is 42.8. The maximum Gasteiger partial charge on any atom is 0.472 e. The number of aliphatic hydroxyl groups excluding tert-OH is 1. The second-order valence-corrected chi connectivity index (χ2v) is 32.1. The molecule has 19 heteroatoms. The monoisotopic (exact) mass is 1410 g/mol. The Labute approximate surface area is 588 Å². The Kier molecular flexibility index (Phi) is 66.2. The SMILES string of the molecule is CCCCCCCCCCCCCCCCCC(=O)OC[C@H](COP(=O)(O)OC[C@@H](O)COP(=O)(O)OC[C@@H](COC(=O)CCCCCCCCC(C)C)OC(=O)CCCCCCCCCCCCCC(C)C)OC(=O)CCCCCCCCCCCCCCCCCC(C)C. The average molecular weight is 1410 g/mol. The number of esters is 4. The smallest absolute Gasteiger partial charge is 0.462 e. The Morgan fingerprint density at radius 2 is 0.479 bits per heavy atom. The molecule has 0 radical (unpaired) electrons. The third-order valence-electron chi connectivity index (χ3n) is 17.9. The van der Waals surface area contributed by atoms with E-state index < -0.39 is 97.5 Å². The maximum absolute atomic E-state index is 13.1. The van der Waals surface area contributed by atoms with E-state index >= 15 is 0 Å². The van der Waals surface area contributed by atoms with E-state index in [-0.39, 0.29) is 25.7 Å². The van der Waals surface area contributed by atoms with Crippen molar-refractivity contribution in [3.63, 3.8) is 0 Å². The minimum atomic E-state index is -4.96. The lowest BCUT2D eigenvalue weighted by Crippen LogP contribution is -2.30. The van der Waals surface area contributed by atoms with Gasteiger partial charge in [-0.15, -0.1) is 0 Å². The van der Waals surface area contributed by atoms with Gasteiger partial charge in [0, 0.05) is 25.7 Å². The van der Waals surface area contributed by atoms with Crippen molar-refractivity contribution in [1.82, 2.24) is 0 Å². The number of phosphoric acid groups is 2. The third-order valence-corrected chi connectivity index (χ3v) is 19.8. The van der Waals surface area contributed by atoms with Crippen LogP contribution in [0.15, 0.2) is 0 Å². The minimum absolute atomic E-state index is 0.105. The maximum atomic E-state index is 13.1. The van der Waals surface area contributed by atoms with Crippen LogP contribution in [-0.4, -0.2) is 96.7 Å². The molecule has 5 atom stereocenters. The number of carbonyl (C=O) groups excluding carboxylic acids is 4. The Hall–Kier alpha value is -1.94. The van der Waals surface area contributed by atoms with Crippen molar-refractivity contribution in [2.24, 2.45) is 17.8 Å². The molecule has 17 nitrogen and oxygen atoms in total. The summed E-state index contributed by atoms with van der Waals surface area (Å²) in [5.74, 6) is 0.130. The Balaban J connectivity index is 5.23. The predicted molar refractivity (Wildman–Crippen MR) is 391 cm³/mol. The summed E-state index contributed by atoms with van der Waals surface area (Å²) in [6.07, 6.45) is 54.2. The van der Waals surface area contributed by atoms with Crippen LogP contribution < -0.4 is 0 Å². The van der Waals surface area contributed by atoms with Gasteiger partial charge < -0.3 is 33.8 Å². The van der Waals surface area contributed by atoms with Gasteiger partial charge in [-0.05, 0) is 43.4 Å². The molecule has 0 aromatic heterocycles. The van der Waals surface area contributed by atoms with Crippen LogP contribution in [0.5, 0.6) is 0 Å². The first kappa shape index (κ1) is 94.1. The van der Waals surface area contributed by atoms with E-state index in [9.17, 15) is 43.2 Å². The Bertz CT molecular complexity index is 1870. The number of hydrogen-bond acceptors (Lipinski definition) is 15. The molecular formula is C77H150O17P2. The summed E-state index contributed by atoms with van der Waals surface area (Å²) < 4.78 is 68.5. The van der Waals surface area contributed by atoms with Crippen molar-refractivity contribution in [1.29, 1.82) is 0 Å². The van der Waals surface area contributed by atoms with Crippen LogP contribution in [0.2, 0.25) is 0 Å². The molecule has 0 saturated heterocycles. The van der Waals surface area contributed by atoms with E-state index in [1.165, 1.54) is 199 Å². The van der Waals surface area contributed by atoms with Gasteiger partial charge in [0.2, 0.25) is 0 Å². The molecule has 0 rings (SSSR count). The summed E-state index contributed by atoms with van der Waals surface area (Å²) in [6.45, 7) is 11.9. The van der Waals surface area contributed by atoms with Crippen LogP contribution in [0, 0.1) is 17.8 Å². The number of hydrogen-bond donors (Lipinski definition) is 3. The number of phosphoric ester groups is 2. The quantitative estimate of drug-likeness (QED) is 0.0222. The van der Waals surface area contributed by atoms with Crippen molar-refractivity contribution in [2.45, 2.75) is 414 Å². The molecule has 0 spiro atoms. The van der Waals surface area contributed by atoms with E-state index in [0.29, 0.717) is 31.6 Å². The van der Waals surface area contributed by atoms with Crippen molar-refractivity contribution in [3.05, 3.63) is 0 Å². The Morgan fingerprint density at radius 1 is 0.281 bits per heavy atom. The van der Waals surface area contributed by atoms with Crippen LogP contribution in [0.3, 0.4) is 0 Å². The fourth-order valence-electron chi connectivity index (χ4n) is 11.8. The van der Waals surface area contributed by atoms with E-state index in [4.69, 9.17) is 37.0 Å². The molecule has 96 heavy (non-hydrogen) atoms. The highest BCUT2D eigenvalue weighted by atomic mass is 31.2. The molecule has 0 aliphatic carbocycles. The van der Waals surface area contributed by atoms with Crippen molar-refractivity contribution in [3.8, 4) is 0 Å². The number of rotatable bonds is 75. The highest BCUT2D eigenvalue weighted by Crippen LogP contribution is 2.45. The summed E-state index contributed by atoms with van der Waals surface area (Å²) in [6, 6.07) is 0. The van der Waals surface area contributed by atoms with Gasteiger partial charge in [-0.3, -0.25) is 37.3 Å². The zero-order chi connectivity index (χ0) is 70.9.